The molecule has 0 radical (unpaired) electrons. The van der Waals surface area contributed by atoms with Crippen LogP contribution in [-0.4, -0.2) is 34.0 Å². The summed E-state index contributed by atoms with van der Waals surface area (Å²) in [5, 5.41) is 0.922. The average Bonchev–Trinajstić information content (AvgIpc) is 2.43. The summed E-state index contributed by atoms with van der Waals surface area (Å²) in [6.45, 7) is 4.94. The Labute approximate surface area is 119 Å². The number of benzene rings is 1. The smallest absolute Gasteiger partial charge is 0.145 e. The van der Waals surface area contributed by atoms with Gasteiger partial charge in [0.15, 0.2) is 0 Å². The van der Waals surface area contributed by atoms with Crippen LogP contribution < -0.4 is 11.5 Å². The zero-order valence-corrected chi connectivity index (χ0v) is 11.8. The first-order valence-corrected chi connectivity index (χ1v) is 7.12. The van der Waals surface area contributed by atoms with Crippen LogP contribution in [0.15, 0.2) is 24.3 Å². The molecule has 1 aliphatic heterocycles. The van der Waals surface area contributed by atoms with Crippen molar-refractivity contribution in [1.82, 2.24) is 14.9 Å². The molecule has 1 aliphatic rings. The summed E-state index contributed by atoms with van der Waals surface area (Å²) in [6.07, 6.45) is 1.03. The zero-order valence-electron chi connectivity index (χ0n) is 11.8. The number of piperidine rings is 1. The molecule has 2 heterocycles. The van der Waals surface area contributed by atoms with Gasteiger partial charge in [-0.3, -0.25) is 4.90 Å². The summed E-state index contributed by atoms with van der Waals surface area (Å²) in [7, 11) is 0. The number of likely N-dealkylation sites (tertiary alicyclic amines) is 1. The van der Waals surface area contributed by atoms with Crippen molar-refractivity contribution >= 4 is 16.7 Å². The first kappa shape index (κ1) is 13.3. The molecule has 1 fully saturated rings. The lowest BCUT2D eigenvalue weighted by Crippen LogP contribution is -2.45. The highest BCUT2D eigenvalue weighted by atomic mass is 15.2. The van der Waals surface area contributed by atoms with Gasteiger partial charge in [-0.05, 0) is 24.5 Å². The second-order valence-corrected chi connectivity index (χ2v) is 5.71. The number of hydrogen-bond acceptors (Lipinski definition) is 5. The molecule has 1 aromatic heterocycles. The Morgan fingerprint density at radius 3 is 2.90 bits per heavy atom. The number of aromatic nitrogens is 2. The molecule has 2 unspecified atom stereocenters. The number of hydrogen-bond donors (Lipinski definition) is 2. The molecule has 0 aliphatic carbocycles. The van der Waals surface area contributed by atoms with Gasteiger partial charge in [0.05, 0.1) is 12.1 Å². The highest BCUT2D eigenvalue weighted by Crippen LogP contribution is 2.20. The Balaban J connectivity index is 1.81. The zero-order chi connectivity index (χ0) is 14.1. The maximum Gasteiger partial charge on any atom is 0.145 e. The Kier molecular flexibility index (Phi) is 3.54. The number of nitrogens with zero attached hydrogens (tertiary/aromatic N) is 3. The highest BCUT2D eigenvalue weighted by Gasteiger charge is 2.23. The third-order valence-electron chi connectivity index (χ3n) is 4.10. The third-order valence-corrected chi connectivity index (χ3v) is 4.10. The topological polar surface area (TPSA) is 81.1 Å². The van der Waals surface area contributed by atoms with E-state index in [-0.39, 0.29) is 0 Å². The fourth-order valence-corrected chi connectivity index (χ4v) is 2.82. The SMILES string of the molecule is CC1CN(Cc2nc(N)c3ccccc3n2)CCC1N. The van der Waals surface area contributed by atoms with Gasteiger partial charge in [0.1, 0.15) is 11.6 Å². The van der Waals surface area contributed by atoms with Crippen LogP contribution in [0.4, 0.5) is 5.82 Å². The molecule has 1 aromatic carbocycles. The number of rotatable bonds is 2. The van der Waals surface area contributed by atoms with Gasteiger partial charge in [-0.2, -0.15) is 0 Å². The van der Waals surface area contributed by atoms with E-state index in [2.05, 4.69) is 21.8 Å². The van der Waals surface area contributed by atoms with E-state index in [0.717, 1.165) is 42.8 Å². The van der Waals surface area contributed by atoms with E-state index in [1.165, 1.54) is 0 Å². The lowest BCUT2D eigenvalue weighted by atomic mass is 9.95. The standard InChI is InChI=1S/C15H21N5/c1-10-8-20(7-6-12(10)16)9-14-18-13-5-3-2-4-11(13)15(17)19-14/h2-5,10,12H,6-9,16H2,1H3,(H2,17,18,19). The van der Waals surface area contributed by atoms with Crippen LogP contribution in [0, 0.1) is 5.92 Å². The Hall–Kier alpha value is -1.72. The van der Waals surface area contributed by atoms with Crippen molar-refractivity contribution in [2.45, 2.75) is 25.9 Å². The van der Waals surface area contributed by atoms with Crippen LogP contribution in [0.5, 0.6) is 0 Å². The van der Waals surface area contributed by atoms with Crippen LogP contribution in [-0.2, 0) is 6.54 Å². The van der Waals surface area contributed by atoms with Crippen LogP contribution in [0.25, 0.3) is 10.9 Å². The van der Waals surface area contributed by atoms with Gasteiger partial charge in [0.25, 0.3) is 0 Å². The number of para-hydroxylation sites is 1. The van der Waals surface area contributed by atoms with Gasteiger partial charge in [-0.25, -0.2) is 9.97 Å². The molecular formula is C15H21N5. The summed E-state index contributed by atoms with van der Waals surface area (Å²) in [6, 6.07) is 8.17. The molecule has 1 saturated heterocycles. The molecule has 5 nitrogen and oxygen atoms in total. The maximum absolute atomic E-state index is 6.05. The van der Waals surface area contributed by atoms with E-state index in [0.29, 0.717) is 17.8 Å². The molecule has 0 amide bonds. The number of nitrogen functional groups attached to an aromatic ring is 1. The van der Waals surface area contributed by atoms with E-state index >= 15 is 0 Å². The van der Waals surface area contributed by atoms with Crippen LogP contribution in [0.3, 0.4) is 0 Å². The number of fused-ring (bicyclic) bond motifs is 1. The monoisotopic (exact) mass is 271 g/mol. The van der Waals surface area contributed by atoms with Crippen LogP contribution in [0.1, 0.15) is 19.2 Å². The Morgan fingerprint density at radius 1 is 1.30 bits per heavy atom. The predicted molar refractivity (Wildman–Crippen MR) is 81.0 cm³/mol. The highest BCUT2D eigenvalue weighted by molar-refractivity contribution is 5.87. The molecule has 0 spiro atoms. The fourth-order valence-electron chi connectivity index (χ4n) is 2.82. The second kappa shape index (κ2) is 5.34. The lowest BCUT2D eigenvalue weighted by molar-refractivity contribution is 0.154. The Bertz CT molecular complexity index is 612. The largest absolute Gasteiger partial charge is 0.383 e. The molecule has 2 aromatic rings. The van der Waals surface area contributed by atoms with E-state index in [1.54, 1.807) is 0 Å². The summed E-state index contributed by atoms with van der Waals surface area (Å²) in [5.74, 6) is 1.87. The van der Waals surface area contributed by atoms with Gasteiger partial charge in [-0.15, -0.1) is 0 Å². The summed E-state index contributed by atoms with van der Waals surface area (Å²) >= 11 is 0. The van der Waals surface area contributed by atoms with E-state index in [4.69, 9.17) is 11.5 Å². The summed E-state index contributed by atoms with van der Waals surface area (Å²) < 4.78 is 0. The minimum atomic E-state index is 0.314. The quantitative estimate of drug-likeness (QED) is 0.862. The molecular weight excluding hydrogens is 250 g/mol. The first-order chi connectivity index (χ1) is 9.63. The Morgan fingerprint density at radius 2 is 2.10 bits per heavy atom. The lowest BCUT2D eigenvalue weighted by Gasteiger charge is -2.34. The minimum Gasteiger partial charge on any atom is -0.383 e. The van der Waals surface area contributed by atoms with Crippen molar-refractivity contribution in [2.75, 3.05) is 18.8 Å². The molecule has 0 bridgehead atoms. The minimum absolute atomic E-state index is 0.314. The van der Waals surface area contributed by atoms with Crippen molar-refractivity contribution in [3.05, 3.63) is 30.1 Å². The molecule has 5 heteroatoms. The van der Waals surface area contributed by atoms with Gasteiger partial charge < -0.3 is 11.5 Å². The van der Waals surface area contributed by atoms with Gasteiger partial charge >= 0.3 is 0 Å². The van der Waals surface area contributed by atoms with Crippen molar-refractivity contribution in [3.63, 3.8) is 0 Å². The van der Waals surface area contributed by atoms with Crippen molar-refractivity contribution in [2.24, 2.45) is 11.7 Å². The first-order valence-electron chi connectivity index (χ1n) is 7.12. The number of anilines is 1. The van der Waals surface area contributed by atoms with Crippen molar-refractivity contribution in [1.29, 1.82) is 0 Å². The van der Waals surface area contributed by atoms with Gasteiger partial charge in [0.2, 0.25) is 0 Å². The molecule has 0 saturated carbocycles. The summed E-state index contributed by atoms with van der Waals surface area (Å²) in [4.78, 5) is 11.4. The fraction of sp³-hybridized carbons (Fsp3) is 0.467. The van der Waals surface area contributed by atoms with Gasteiger partial charge in [-0.1, -0.05) is 19.1 Å². The molecule has 106 valence electrons. The molecule has 3 rings (SSSR count). The van der Waals surface area contributed by atoms with E-state index in [9.17, 15) is 0 Å². The average molecular weight is 271 g/mol. The van der Waals surface area contributed by atoms with Crippen molar-refractivity contribution < 1.29 is 0 Å². The third kappa shape index (κ3) is 2.59. The van der Waals surface area contributed by atoms with E-state index in [1.807, 2.05) is 24.3 Å². The van der Waals surface area contributed by atoms with Crippen molar-refractivity contribution in [3.8, 4) is 0 Å². The predicted octanol–water partition coefficient (Wildman–Crippen LogP) is 1.38. The maximum atomic E-state index is 6.05. The molecule has 4 N–H and O–H groups in total. The number of nitrogens with two attached hydrogens (primary N) is 2. The van der Waals surface area contributed by atoms with Crippen LogP contribution in [0.2, 0.25) is 0 Å². The summed E-state index contributed by atoms with van der Waals surface area (Å²) in [5.41, 5.74) is 13.0. The van der Waals surface area contributed by atoms with E-state index < -0.39 is 0 Å². The molecule has 20 heavy (non-hydrogen) atoms. The van der Waals surface area contributed by atoms with Crippen LogP contribution >= 0.6 is 0 Å². The normalized spacial score (nSPS) is 24.1. The molecule has 2 atom stereocenters. The van der Waals surface area contributed by atoms with Gasteiger partial charge in [0, 0.05) is 24.5 Å². The second-order valence-electron chi connectivity index (χ2n) is 5.71.